The van der Waals surface area contributed by atoms with Crippen molar-refractivity contribution in [2.75, 3.05) is 11.9 Å². The molecule has 0 fully saturated rings. The first-order chi connectivity index (χ1) is 9.79. The average molecular weight is 266 g/mol. The highest BCUT2D eigenvalue weighted by atomic mass is 16.3. The van der Waals surface area contributed by atoms with E-state index in [2.05, 4.69) is 22.0 Å². The first kappa shape index (κ1) is 12.2. The lowest BCUT2D eigenvalue weighted by atomic mass is 10.1. The number of anilines is 1. The zero-order valence-electron chi connectivity index (χ0n) is 10.8. The molecule has 1 aromatic carbocycles. The van der Waals surface area contributed by atoms with Crippen LogP contribution in [0.15, 0.2) is 55.3 Å². The monoisotopic (exact) mass is 266 g/mol. The van der Waals surface area contributed by atoms with E-state index in [-0.39, 0.29) is 5.75 Å². The molecule has 0 saturated heterocycles. The zero-order valence-corrected chi connectivity index (χ0v) is 10.8. The minimum Gasteiger partial charge on any atom is -0.507 e. The van der Waals surface area contributed by atoms with Crippen LogP contribution in [0.2, 0.25) is 0 Å². The Morgan fingerprint density at radius 2 is 2.10 bits per heavy atom. The van der Waals surface area contributed by atoms with Crippen LogP contribution in [0.5, 0.6) is 5.75 Å². The molecule has 0 amide bonds. The van der Waals surface area contributed by atoms with E-state index >= 15 is 0 Å². The third-order valence-corrected chi connectivity index (χ3v) is 2.97. The van der Waals surface area contributed by atoms with Gasteiger partial charge in [0, 0.05) is 12.1 Å². The number of benzene rings is 1. The molecule has 0 spiro atoms. The first-order valence-electron chi connectivity index (χ1n) is 6.27. The second-order valence-corrected chi connectivity index (χ2v) is 4.32. The number of nitrogens with zero attached hydrogens (tertiary/aromatic N) is 3. The van der Waals surface area contributed by atoms with E-state index in [1.807, 2.05) is 24.3 Å². The van der Waals surface area contributed by atoms with E-state index in [0.717, 1.165) is 17.2 Å². The van der Waals surface area contributed by atoms with E-state index in [4.69, 9.17) is 0 Å². The maximum Gasteiger partial charge on any atom is 0.154 e. The Morgan fingerprint density at radius 3 is 2.90 bits per heavy atom. The summed E-state index contributed by atoms with van der Waals surface area (Å²) in [4.78, 5) is 4.30. The standard InChI is InChI=1S/C15H14N4O/c1-2-9-16-14-7-8-15-17-10-12(19(15)18-14)11-5-3-4-6-13(11)20/h2-8,10,20H,1,9H2,(H,16,18). The fourth-order valence-corrected chi connectivity index (χ4v) is 2.02. The van der Waals surface area contributed by atoms with Gasteiger partial charge in [-0.15, -0.1) is 11.7 Å². The fraction of sp³-hybridized carbons (Fsp3) is 0.0667. The van der Waals surface area contributed by atoms with Gasteiger partial charge in [-0.3, -0.25) is 0 Å². The van der Waals surface area contributed by atoms with Crippen molar-refractivity contribution in [3.8, 4) is 17.0 Å². The number of hydrogen-bond donors (Lipinski definition) is 2. The highest BCUT2D eigenvalue weighted by molar-refractivity contribution is 5.69. The SMILES string of the molecule is C=CCNc1ccc2ncc(-c3ccccc3O)n2n1. The van der Waals surface area contributed by atoms with E-state index in [0.29, 0.717) is 12.1 Å². The molecule has 0 bridgehead atoms. The fourth-order valence-electron chi connectivity index (χ4n) is 2.02. The number of para-hydroxylation sites is 1. The quantitative estimate of drug-likeness (QED) is 0.713. The van der Waals surface area contributed by atoms with E-state index in [1.54, 1.807) is 28.9 Å². The van der Waals surface area contributed by atoms with Crippen molar-refractivity contribution in [1.82, 2.24) is 14.6 Å². The summed E-state index contributed by atoms with van der Waals surface area (Å²) < 4.78 is 1.71. The summed E-state index contributed by atoms with van der Waals surface area (Å²) in [6.45, 7) is 4.30. The molecule has 5 heteroatoms. The van der Waals surface area contributed by atoms with E-state index in [1.165, 1.54) is 0 Å². The second kappa shape index (κ2) is 5.05. The predicted molar refractivity (Wildman–Crippen MR) is 78.8 cm³/mol. The summed E-state index contributed by atoms with van der Waals surface area (Å²) in [5.41, 5.74) is 2.18. The zero-order chi connectivity index (χ0) is 13.9. The number of phenolic OH excluding ortho intramolecular Hbond substituents is 1. The van der Waals surface area contributed by atoms with E-state index in [9.17, 15) is 5.11 Å². The molecule has 0 aliphatic heterocycles. The number of imidazole rings is 1. The maximum atomic E-state index is 9.95. The topological polar surface area (TPSA) is 62.5 Å². The van der Waals surface area contributed by atoms with Crippen molar-refractivity contribution in [3.05, 3.63) is 55.3 Å². The van der Waals surface area contributed by atoms with Gasteiger partial charge in [-0.25, -0.2) is 9.50 Å². The number of phenols is 1. The molecule has 3 aromatic rings. The van der Waals surface area contributed by atoms with Crippen LogP contribution < -0.4 is 5.32 Å². The van der Waals surface area contributed by atoms with Crippen LogP contribution in [-0.2, 0) is 0 Å². The Morgan fingerprint density at radius 1 is 1.25 bits per heavy atom. The van der Waals surface area contributed by atoms with Gasteiger partial charge in [0.05, 0.1) is 11.9 Å². The van der Waals surface area contributed by atoms with Crippen molar-refractivity contribution in [2.24, 2.45) is 0 Å². The summed E-state index contributed by atoms with van der Waals surface area (Å²) in [7, 11) is 0. The molecule has 2 aromatic heterocycles. The lowest BCUT2D eigenvalue weighted by Gasteiger charge is -2.06. The number of fused-ring (bicyclic) bond motifs is 1. The van der Waals surface area contributed by atoms with Gasteiger partial charge in [-0.05, 0) is 24.3 Å². The molecule has 100 valence electrons. The molecule has 2 heterocycles. The average Bonchev–Trinajstić information content (AvgIpc) is 2.88. The smallest absolute Gasteiger partial charge is 0.154 e. The van der Waals surface area contributed by atoms with Crippen LogP contribution in [0, 0.1) is 0 Å². The van der Waals surface area contributed by atoms with E-state index < -0.39 is 0 Å². The molecule has 0 unspecified atom stereocenters. The summed E-state index contributed by atoms with van der Waals surface area (Å²) in [5.74, 6) is 0.938. The molecular weight excluding hydrogens is 252 g/mol. The van der Waals surface area contributed by atoms with Gasteiger partial charge in [-0.2, -0.15) is 0 Å². The summed E-state index contributed by atoms with van der Waals surface area (Å²) in [6.07, 6.45) is 3.47. The molecule has 0 radical (unpaired) electrons. The molecule has 5 nitrogen and oxygen atoms in total. The molecule has 3 rings (SSSR count). The molecule has 0 aliphatic rings. The Balaban J connectivity index is 2.12. The third kappa shape index (κ3) is 2.09. The Hall–Kier alpha value is -2.82. The van der Waals surface area contributed by atoms with Crippen molar-refractivity contribution >= 4 is 11.5 Å². The van der Waals surface area contributed by atoms with Crippen LogP contribution in [0.4, 0.5) is 5.82 Å². The van der Waals surface area contributed by atoms with Crippen LogP contribution in [0.25, 0.3) is 16.9 Å². The Labute approximate surface area is 116 Å². The van der Waals surface area contributed by atoms with Crippen molar-refractivity contribution in [2.45, 2.75) is 0 Å². The molecule has 2 N–H and O–H groups in total. The van der Waals surface area contributed by atoms with Crippen molar-refractivity contribution < 1.29 is 5.11 Å². The van der Waals surface area contributed by atoms with Crippen molar-refractivity contribution in [3.63, 3.8) is 0 Å². The Bertz CT molecular complexity index is 763. The largest absolute Gasteiger partial charge is 0.507 e. The maximum absolute atomic E-state index is 9.95. The summed E-state index contributed by atoms with van der Waals surface area (Å²) in [6, 6.07) is 10.9. The molecule has 0 aliphatic carbocycles. The van der Waals surface area contributed by atoms with Gasteiger partial charge in [0.2, 0.25) is 0 Å². The number of rotatable bonds is 4. The van der Waals surface area contributed by atoms with Crippen LogP contribution >= 0.6 is 0 Å². The Kier molecular flexibility index (Phi) is 3.09. The lowest BCUT2D eigenvalue weighted by molar-refractivity contribution is 0.477. The van der Waals surface area contributed by atoms with Gasteiger partial charge >= 0.3 is 0 Å². The van der Waals surface area contributed by atoms with Crippen LogP contribution in [0.3, 0.4) is 0 Å². The first-order valence-corrected chi connectivity index (χ1v) is 6.27. The van der Waals surface area contributed by atoms with Crippen molar-refractivity contribution in [1.29, 1.82) is 0 Å². The van der Waals surface area contributed by atoms with Gasteiger partial charge in [0.15, 0.2) is 5.65 Å². The highest BCUT2D eigenvalue weighted by Gasteiger charge is 2.10. The summed E-state index contributed by atoms with van der Waals surface area (Å²) in [5, 5.41) is 17.6. The molecule has 0 saturated carbocycles. The highest BCUT2D eigenvalue weighted by Crippen LogP contribution is 2.28. The lowest BCUT2D eigenvalue weighted by Crippen LogP contribution is -2.04. The molecule has 20 heavy (non-hydrogen) atoms. The van der Waals surface area contributed by atoms with Gasteiger partial charge in [0.1, 0.15) is 11.6 Å². The number of nitrogens with one attached hydrogen (secondary N) is 1. The molecule has 0 atom stereocenters. The number of aromatic nitrogens is 3. The number of hydrogen-bond acceptors (Lipinski definition) is 4. The van der Waals surface area contributed by atoms with Gasteiger partial charge in [-0.1, -0.05) is 18.2 Å². The minimum atomic E-state index is 0.209. The van der Waals surface area contributed by atoms with Crippen LogP contribution in [-0.4, -0.2) is 26.2 Å². The number of aromatic hydroxyl groups is 1. The third-order valence-electron chi connectivity index (χ3n) is 2.97. The normalized spacial score (nSPS) is 10.6. The second-order valence-electron chi connectivity index (χ2n) is 4.32. The van der Waals surface area contributed by atoms with Gasteiger partial charge in [0.25, 0.3) is 0 Å². The molecular formula is C15H14N4O. The summed E-state index contributed by atoms with van der Waals surface area (Å²) >= 11 is 0. The predicted octanol–water partition coefficient (Wildman–Crippen LogP) is 2.70. The van der Waals surface area contributed by atoms with Gasteiger partial charge < -0.3 is 10.4 Å². The minimum absolute atomic E-state index is 0.209. The van der Waals surface area contributed by atoms with Crippen LogP contribution in [0.1, 0.15) is 0 Å².